The lowest BCUT2D eigenvalue weighted by Gasteiger charge is -2.27. The molecule has 0 spiro atoms. The first-order valence-corrected chi connectivity index (χ1v) is 14.9. The van der Waals surface area contributed by atoms with Gasteiger partial charge in [-0.25, -0.2) is 4.98 Å². The number of aromatic nitrogens is 1. The molecule has 3 aromatic rings. The van der Waals surface area contributed by atoms with E-state index in [1.807, 2.05) is 11.8 Å². The van der Waals surface area contributed by atoms with E-state index in [4.69, 9.17) is 4.74 Å². The van der Waals surface area contributed by atoms with E-state index in [-0.39, 0.29) is 17.2 Å². The van der Waals surface area contributed by atoms with Gasteiger partial charge in [-0.2, -0.15) is 0 Å². The second-order valence-corrected chi connectivity index (χ2v) is 10.7. The minimum absolute atomic E-state index is 0.0376. The summed E-state index contributed by atoms with van der Waals surface area (Å²) in [4.78, 5) is 48.8. The number of nitrogens with one attached hydrogen (secondary N) is 2. The summed E-state index contributed by atoms with van der Waals surface area (Å²) in [6, 6.07) is 13.3. The normalized spacial score (nSPS) is 13.1. The molecule has 1 aliphatic rings. The van der Waals surface area contributed by atoms with Crippen LogP contribution >= 0.6 is 0 Å². The third-order valence-corrected chi connectivity index (χ3v) is 7.80. The number of morpholine rings is 1. The third-order valence-electron chi connectivity index (χ3n) is 7.80. The van der Waals surface area contributed by atoms with Crippen molar-refractivity contribution in [2.75, 3.05) is 80.0 Å². The smallest absolute Gasteiger partial charge is 0.305 e. The summed E-state index contributed by atoms with van der Waals surface area (Å²) in [5.74, 6) is -0.225. The number of benzene rings is 2. The molecule has 12 nitrogen and oxygen atoms in total. The van der Waals surface area contributed by atoms with Gasteiger partial charge in [-0.1, -0.05) is 26.0 Å². The van der Waals surface area contributed by atoms with E-state index < -0.39 is 10.8 Å². The number of amides is 2. The van der Waals surface area contributed by atoms with E-state index >= 15 is 0 Å². The van der Waals surface area contributed by atoms with Crippen molar-refractivity contribution in [1.82, 2.24) is 9.88 Å². The predicted molar refractivity (Wildman–Crippen MR) is 173 cm³/mol. The van der Waals surface area contributed by atoms with E-state index in [1.54, 1.807) is 55.7 Å². The number of anilines is 4. The molecule has 0 bridgehead atoms. The molecule has 0 unspecified atom stereocenters. The number of rotatable bonds is 13. The van der Waals surface area contributed by atoms with Crippen molar-refractivity contribution in [3.63, 3.8) is 0 Å². The lowest BCUT2D eigenvalue weighted by molar-refractivity contribution is -0.384. The Hall–Kier alpha value is -4.55. The van der Waals surface area contributed by atoms with Crippen LogP contribution in [0.4, 0.5) is 28.6 Å². The number of ether oxygens (including phenoxy) is 1. The molecule has 2 heterocycles. The summed E-state index contributed by atoms with van der Waals surface area (Å²) < 4.78 is 5.40. The fourth-order valence-electron chi connectivity index (χ4n) is 5.16. The van der Waals surface area contributed by atoms with Crippen molar-refractivity contribution in [2.45, 2.75) is 27.2 Å². The topological polar surface area (TPSA) is 133 Å². The van der Waals surface area contributed by atoms with Crippen molar-refractivity contribution in [3.05, 3.63) is 81.5 Å². The number of hydrogen-bond donors (Lipinski definition) is 2. The number of aryl methyl sites for hydroxylation is 1. The molecule has 12 heteroatoms. The molecule has 234 valence electrons. The average molecular weight is 604 g/mol. The van der Waals surface area contributed by atoms with Crippen LogP contribution in [0, 0.1) is 17.0 Å². The van der Waals surface area contributed by atoms with Crippen LogP contribution in [-0.2, 0) is 4.74 Å². The van der Waals surface area contributed by atoms with Gasteiger partial charge in [0.15, 0.2) is 0 Å². The Morgan fingerprint density at radius 1 is 1.02 bits per heavy atom. The van der Waals surface area contributed by atoms with E-state index in [1.165, 1.54) is 6.07 Å². The Labute approximate surface area is 258 Å². The van der Waals surface area contributed by atoms with Crippen LogP contribution < -0.4 is 20.4 Å². The lowest BCUT2D eigenvalue weighted by atomic mass is 10.1. The van der Waals surface area contributed by atoms with Gasteiger partial charge in [0.25, 0.3) is 11.8 Å². The summed E-state index contributed by atoms with van der Waals surface area (Å²) in [5.41, 5.74) is 2.19. The highest BCUT2D eigenvalue weighted by molar-refractivity contribution is 6.09. The maximum atomic E-state index is 13.4. The fourth-order valence-corrected chi connectivity index (χ4v) is 5.16. The Morgan fingerprint density at radius 3 is 2.48 bits per heavy atom. The van der Waals surface area contributed by atoms with Crippen LogP contribution in [0.3, 0.4) is 0 Å². The maximum absolute atomic E-state index is 13.4. The minimum Gasteiger partial charge on any atom is -0.378 e. The highest BCUT2D eigenvalue weighted by atomic mass is 16.6. The van der Waals surface area contributed by atoms with Crippen LogP contribution in [0.5, 0.6) is 0 Å². The molecule has 2 aromatic carbocycles. The summed E-state index contributed by atoms with van der Waals surface area (Å²) in [6.45, 7) is 12.0. The second kappa shape index (κ2) is 15.3. The molecule has 0 saturated carbocycles. The Bertz CT molecular complexity index is 1470. The number of hydrogen-bond acceptors (Lipinski definition) is 9. The highest BCUT2D eigenvalue weighted by Gasteiger charge is 2.27. The van der Waals surface area contributed by atoms with Gasteiger partial charge in [0.1, 0.15) is 17.1 Å². The number of carbonyl (C=O) groups excluding carboxylic acids is 2. The highest BCUT2D eigenvalue weighted by Crippen LogP contribution is 2.32. The first kappa shape index (κ1) is 32.4. The van der Waals surface area contributed by atoms with E-state index in [0.29, 0.717) is 61.3 Å². The van der Waals surface area contributed by atoms with Crippen LogP contribution in [0.2, 0.25) is 0 Å². The summed E-state index contributed by atoms with van der Waals surface area (Å²) in [5, 5.41) is 17.9. The molecular weight excluding hydrogens is 562 g/mol. The van der Waals surface area contributed by atoms with Gasteiger partial charge in [0, 0.05) is 49.8 Å². The van der Waals surface area contributed by atoms with Gasteiger partial charge >= 0.3 is 5.69 Å². The molecule has 0 aliphatic carbocycles. The van der Waals surface area contributed by atoms with Crippen molar-refractivity contribution in [1.29, 1.82) is 0 Å². The molecule has 1 fully saturated rings. The number of pyridine rings is 1. The fraction of sp³-hybridized carbons (Fsp3) is 0.406. The van der Waals surface area contributed by atoms with Gasteiger partial charge in [-0.15, -0.1) is 0 Å². The molecule has 2 amide bonds. The lowest BCUT2D eigenvalue weighted by Crippen LogP contribution is -2.36. The largest absolute Gasteiger partial charge is 0.378 e. The number of nitro groups is 1. The molecule has 1 aliphatic heterocycles. The molecule has 2 N–H and O–H groups in total. The molecular formula is C32H41N7O5. The summed E-state index contributed by atoms with van der Waals surface area (Å²) in [7, 11) is 1.80. The minimum atomic E-state index is -0.606. The van der Waals surface area contributed by atoms with Gasteiger partial charge < -0.3 is 30.1 Å². The molecule has 1 aromatic heterocycles. The van der Waals surface area contributed by atoms with Crippen molar-refractivity contribution >= 4 is 40.4 Å². The molecule has 1 saturated heterocycles. The van der Waals surface area contributed by atoms with Crippen LogP contribution in [0.25, 0.3) is 0 Å². The van der Waals surface area contributed by atoms with Crippen LogP contribution in [-0.4, -0.2) is 86.2 Å². The number of para-hydroxylation sites is 1. The van der Waals surface area contributed by atoms with Gasteiger partial charge in [-0.05, 0) is 74.9 Å². The standard InChI is InChI=1S/C32H41N7O5/c1-5-37(6-2)16-8-15-36(4)28-10-7-9-26(30(28)39(42)43)32(41)35-27-22-25(12-11-23(27)3)34-31(40)24-13-14-33-29(21-24)38-17-19-44-20-18-38/h7,9-14,21-22H,5-6,8,15-20H2,1-4H3,(H,34,40)(H,35,41). The monoisotopic (exact) mass is 603 g/mol. The number of carbonyl (C=O) groups is 2. The number of nitrogens with zero attached hydrogens (tertiary/aromatic N) is 5. The van der Waals surface area contributed by atoms with E-state index in [9.17, 15) is 19.7 Å². The van der Waals surface area contributed by atoms with Crippen molar-refractivity contribution in [3.8, 4) is 0 Å². The summed E-state index contributed by atoms with van der Waals surface area (Å²) >= 11 is 0. The Kier molecular flexibility index (Phi) is 11.2. The first-order chi connectivity index (χ1) is 21.2. The van der Waals surface area contributed by atoms with Crippen LogP contribution in [0.15, 0.2) is 54.7 Å². The first-order valence-electron chi connectivity index (χ1n) is 14.9. The van der Waals surface area contributed by atoms with Crippen LogP contribution in [0.1, 0.15) is 46.5 Å². The quantitative estimate of drug-likeness (QED) is 0.209. The summed E-state index contributed by atoms with van der Waals surface area (Å²) in [6.07, 6.45) is 2.43. The number of nitro benzene ring substituents is 1. The molecule has 4 rings (SSSR count). The molecule has 0 atom stereocenters. The molecule has 0 radical (unpaired) electrons. The van der Waals surface area contributed by atoms with Gasteiger partial charge in [0.05, 0.1) is 18.1 Å². The SMILES string of the molecule is CCN(CC)CCCN(C)c1cccc(C(=O)Nc2cc(NC(=O)c3ccnc(N4CCOCC4)c3)ccc2C)c1[N+](=O)[O-]. The average Bonchev–Trinajstić information content (AvgIpc) is 3.04. The second-order valence-electron chi connectivity index (χ2n) is 10.7. The van der Waals surface area contributed by atoms with Gasteiger partial charge in [-0.3, -0.25) is 19.7 Å². The van der Waals surface area contributed by atoms with Gasteiger partial charge in [0.2, 0.25) is 0 Å². The Morgan fingerprint density at radius 2 is 1.77 bits per heavy atom. The molecule has 44 heavy (non-hydrogen) atoms. The van der Waals surface area contributed by atoms with Crippen molar-refractivity contribution in [2.24, 2.45) is 0 Å². The third kappa shape index (κ3) is 8.08. The predicted octanol–water partition coefficient (Wildman–Crippen LogP) is 4.81. The zero-order valence-corrected chi connectivity index (χ0v) is 25.8. The zero-order chi connectivity index (χ0) is 31.6. The van der Waals surface area contributed by atoms with E-state index in [2.05, 4.69) is 39.3 Å². The van der Waals surface area contributed by atoms with Crippen molar-refractivity contribution < 1.29 is 19.2 Å². The maximum Gasteiger partial charge on any atom is 0.305 e. The Balaban J connectivity index is 1.48. The van der Waals surface area contributed by atoms with E-state index in [0.717, 1.165) is 31.6 Å². The zero-order valence-electron chi connectivity index (χ0n) is 25.8.